The van der Waals surface area contributed by atoms with Gasteiger partial charge in [-0.05, 0) is 60.9 Å². The highest BCUT2D eigenvalue weighted by molar-refractivity contribution is 5.85. The van der Waals surface area contributed by atoms with E-state index in [1.807, 2.05) is 24.3 Å². The van der Waals surface area contributed by atoms with Gasteiger partial charge >= 0.3 is 0 Å². The minimum absolute atomic E-state index is 0.104. The van der Waals surface area contributed by atoms with Gasteiger partial charge in [0.25, 0.3) is 0 Å². The molecule has 4 nitrogen and oxygen atoms in total. The lowest BCUT2D eigenvalue weighted by molar-refractivity contribution is -0.122. The smallest absolute Gasteiger partial charge is 0.243 e. The molecule has 1 aromatic carbocycles. The summed E-state index contributed by atoms with van der Waals surface area (Å²) in [4.78, 5) is 12.3. The highest BCUT2D eigenvalue weighted by Gasteiger charge is 2.53. The number of carbonyl (C=O) groups excluding carboxylic acids is 1. The van der Waals surface area contributed by atoms with E-state index in [1.165, 1.54) is 38.5 Å². The van der Waals surface area contributed by atoms with Crippen molar-refractivity contribution in [3.8, 4) is 5.75 Å². The molecule has 2 aliphatic carbocycles. The molecule has 0 heterocycles. The maximum atomic E-state index is 12.3. The molecule has 0 bridgehead atoms. The number of amides is 1. The molecular weight excluding hydrogens is 312 g/mol. The number of rotatable bonds is 7. The zero-order chi connectivity index (χ0) is 17.5. The molecule has 1 amide bonds. The molecule has 25 heavy (non-hydrogen) atoms. The minimum atomic E-state index is 0.104. The van der Waals surface area contributed by atoms with Crippen molar-refractivity contribution < 1.29 is 9.53 Å². The van der Waals surface area contributed by atoms with Gasteiger partial charge in [0.15, 0.2) is 0 Å². The number of carbonyl (C=O) groups is 1. The lowest BCUT2D eigenvalue weighted by Gasteiger charge is -2.04. The fourth-order valence-corrected chi connectivity index (χ4v) is 3.96. The van der Waals surface area contributed by atoms with E-state index in [2.05, 4.69) is 17.5 Å². The minimum Gasteiger partial charge on any atom is -0.494 e. The zero-order valence-corrected chi connectivity index (χ0v) is 15.2. The van der Waals surface area contributed by atoms with Crippen LogP contribution >= 0.6 is 0 Å². The summed E-state index contributed by atoms with van der Waals surface area (Å²) in [5.74, 6) is 2.39. The fraction of sp³-hybridized carbons (Fsp3) is 0.619. The van der Waals surface area contributed by atoms with Crippen LogP contribution in [0.15, 0.2) is 29.4 Å². The molecule has 1 aromatic rings. The van der Waals surface area contributed by atoms with Crippen LogP contribution in [0.25, 0.3) is 0 Å². The van der Waals surface area contributed by atoms with Crippen molar-refractivity contribution in [3.05, 3.63) is 29.8 Å². The lowest BCUT2D eigenvalue weighted by Crippen LogP contribution is -2.21. The molecule has 0 aliphatic heterocycles. The Morgan fingerprint density at radius 3 is 2.48 bits per heavy atom. The molecule has 0 aromatic heterocycles. The summed E-state index contributed by atoms with van der Waals surface area (Å²) in [6.07, 6.45) is 11.5. The summed E-state index contributed by atoms with van der Waals surface area (Å²) in [5.41, 5.74) is 3.71. The molecule has 0 unspecified atom stereocenters. The van der Waals surface area contributed by atoms with Crippen LogP contribution < -0.4 is 10.2 Å². The van der Waals surface area contributed by atoms with E-state index >= 15 is 0 Å². The standard InChI is InChI=1S/C21H30N2O2/c1-2-3-14-25-17-12-10-16(11-13-17)15-22-23-21(24)20-18-8-6-4-5-7-9-19(18)20/h10-13,15,18-20H,2-9,14H2,1H3,(H,23,24)/t18-,19-/m1/s1. The Labute approximate surface area is 151 Å². The Morgan fingerprint density at radius 2 is 1.84 bits per heavy atom. The third-order valence-corrected chi connectivity index (χ3v) is 5.49. The largest absolute Gasteiger partial charge is 0.494 e. The normalized spacial score (nSPS) is 25.7. The van der Waals surface area contributed by atoms with E-state index in [4.69, 9.17) is 4.74 Å². The van der Waals surface area contributed by atoms with Gasteiger partial charge in [0, 0.05) is 5.92 Å². The number of fused-ring (bicyclic) bond motifs is 1. The molecule has 0 radical (unpaired) electrons. The number of ether oxygens (including phenoxy) is 1. The number of nitrogens with zero attached hydrogens (tertiary/aromatic N) is 1. The highest BCUT2D eigenvalue weighted by atomic mass is 16.5. The molecule has 3 rings (SSSR count). The van der Waals surface area contributed by atoms with Crippen LogP contribution in [0.5, 0.6) is 5.75 Å². The monoisotopic (exact) mass is 342 g/mol. The molecule has 2 saturated carbocycles. The molecule has 0 saturated heterocycles. The van der Waals surface area contributed by atoms with Gasteiger partial charge in [-0.15, -0.1) is 0 Å². The van der Waals surface area contributed by atoms with Crippen LogP contribution in [-0.4, -0.2) is 18.7 Å². The maximum absolute atomic E-state index is 12.3. The second-order valence-electron chi connectivity index (χ2n) is 7.35. The van der Waals surface area contributed by atoms with Crippen molar-refractivity contribution >= 4 is 12.1 Å². The summed E-state index contributed by atoms with van der Waals surface area (Å²) < 4.78 is 5.64. The summed E-state index contributed by atoms with van der Waals surface area (Å²) >= 11 is 0. The first-order chi connectivity index (χ1) is 12.3. The summed E-state index contributed by atoms with van der Waals surface area (Å²) in [7, 11) is 0. The Bertz CT molecular complexity index is 568. The molecule has 1 N–H and O–H groups in total. The van der Waals surface area contributed by atoms with E-state index in [0.29, 0.717) is 11.8 Å². The number of hydrogen-bond donors (Lipinski definition) is 1. The van der Waals surface area contributed by atoms with Crippen LogP contribution in [0.4, 0.5) is 0 Å². The van der Waals surface area contributed by atoms with Gasteiger partial charge in [-0.3, -0.25) is 4.79 Å². The third kappa shape index (κ3) is 5.07. The molecule has 2 aliphatic rings. The van der Waals surface area contributed by atoms with Crippen LogP contribution in [-0.2, 0) is 4.79 Å². The number of unbranched alkanes of at least 4 members (excludes halogenated alkanes) is 1. The van der Waals surface area contributed by atoms with Crippen molar-refractivity contribution in [3.63, 3.8) is 0 Å². The van der Waals surface area contributed by atoms with Crippen molar-refractivity contribution in [2.75, 3.05) is 6.61 Å². The maximum Gasteiger partial charge on any atom is 0.243 e. The van der Waals surface area contributed by atoms with Crippen LogP contribution in [0, 0.1) is 17.8 Å². The van der Waals surface area contributed by atoms with Crippen LogP contribution in [0.1, 0.15) is 63.9 Å². The zero-order valence-electron chi connectivity index (χ0n) is 15.2. The third-order valence-electron chi connectivity index (χ3n) is 5.49. The highest BCUT2D eigenvalue weighted by Crippen LogP contribution is 2.53. The van der Waals surface area contributed by atoms with Gasteiger partial charge in [0.2, 0.25) is 5.91 Å². The molecule has 2 fully saturated rings. The first kappa shape index (κ1) is 18.0. The average molecular weight is 342 g/mol. The van der Waals surface area contributed by atoms with Crippen molar-refractivity contribution in [2.45, 2.75) is 58.3 Å². The predicted molar refractivity (Wildman–Crippen MR) is 101 cm³/mol. The Hall–Kier alpha value is -1.84. The van der Waals surface area contributed by atoms with E-state index in [-0.39, 0.29) is 11.8 Å². The van der Waals surface area contributed by atoms with Crippen molar-refractivity contribution in [1.82, 2.24) is 5.43 Å². The average Bonchev–Trinajstić information content (AvgIpc) is 3.27. The van der Waals surface area contributed by atoms with Crippen molar-refractivity contribution in [2.24, 2.45) is 22.9 Å². The second-order valence-corrected chi connectivity index (χ2v) is 7.35. The van der Waals surface area contributed by atoms with Gasteiger partial charge in [-0.25, -0.2) is 5.43 Å². The van der Waals surface area contributed by atoms with Gasteiger partial charge in [0.05, 0.1) is 12.8 Å². The van der Waals surface area contributed by atoms with Gasteiger partial charge in [-0.1, -0.05) is 39.0 Å². The number of nitrogens with one attached hydrogen (secondary N) is 1. The van der Waals surface area contributed by atoms with Gasteiger partial charge < -0.3 is 4.74 Å². The first-order valence-corrected chi connectivity index (χ1v) is 9.85. The molecule has 2 atom stereocenters. The Kier molecular flexibility index (Phi) is 6.48. The molecule has 0 spiro atoms. The van der Waals surface area contributed by atoms with E-state index in [1.54, 1.807) is 6.21 Å². The predicted octanol–water partition coefficient (Wildman–Crippen LogP) is 4.53. The van der Waals surface area contributed by atoms with Crippen LogP contribution in [0.2, 0.25) is 0 Å². The Morgan fingerprint density at radius 1 is 1.16 bits per heavy atom. The van der Waals surface area contributed by atoms with Gasteiger partial charge in [-0.2, -0.15) is 5.10 Å². The van der Waals surface area contributed by atoms with Gasteiger partial charge in [0.1, 0.15) is 5.75 Å². The number of hydrogen-bond acceptors (Lipinski definition) is 3. The first-order valence-electron chi connectivity index (χ1n) is 9.85. The van der Waals surface area contributed by atoms with E-state index in [9.17, 15) is 4.79 Å². The molecular formula is C21H30N2O2. The van der Waals surface area contributed by atoms with E-state index in [0.717, 1.165) is 30.8 Å². The van der Waals surface area contributed by atoms with E-state index < -0.39 is 0 Å². The second kappa shape index (κ2) is 9.02. The topological polar surface area (TPSA) is 50.7 Å². The number of hydrazone groups is 1. The van der Waals surface area contributed by atoms with Crippen LogP contribution in [0.3, 0.4) is 0 Å². The quantitative estimate of drug-likeness (QED) is 0.449. The molecule has 136 valence electrons. The summed E-state index contributed by atoms with van der Waals surface area (Å²) in [5, 5.41) is 4.15. The van der Waals surface area contributed by atoms with Crippen molar-refractivity contribution in [1.29, 1.82) is 0 Å². The Balaban J connectivity index is 1.44. The summed E-state index contributed by atoms with van der Waals surface area (Å²) in [6, 6.07) is 7.81. The SMILES string of the molecule is CCCCOc1ccc(C=NNC(=O)C2[C@@H]3CCCCCC[C@@H]23)cc1. The number of benzene rings is 1. The molecule has 4 heteroatoms. The fourth-order valence-electron chi connectivity index (χ4n) is 3.96. The lowest BCUT2D eigenvalue weighted by atomic mass is 10.0. The summed E-state index contributed by atoms with van der Waals surface area (Å²) in [6.45, 7) is 2.90.